The molecule has 1 aromatic carbocycles. The number of hydrogen-bond donors (Lipinski definition) is 0. The van der Waals surface area contributed by atoms with Crippen LogP contribution in [0.2, 0.25) is 0 Å². The van der Waals surface area contributed by atoms with Gasteiger partial charge in [0, 0.05) is 38.3 Å². The molecule has 4 unspecified atom stereocenters. The van der Waals surface area contributed by atoms with Crippen LogP contribution < -0.4 is 9.64 Å². The van der Waals surface area contributed by atoms with Crippen molar-refractivity contribution in [3.05, 3.63) is 23.8 Å². The molecular formula is C25H40N2O3. The fourth-order valence-electron chi connectivity index (χ4n) is 5.17. The first-order valence-corrected chi connectivity index (χ1v) is 11.5. The van der Waals surface area contributed by atoms with Crippen molar-refractivity contribution in [1.82, 2.24) is 4.90 Å². The first-order chi connectivity index (χ1) is 14.1. The highest BCUT2D eigenvalue weighted by Crippen LogP contribution is 2.44. The summed E-state index contributed by atoms with van der Waals surface area (Å²) in [5.41, 5.74) is 2.53. The molecular weight excluding hydrogens is 376 g/mol. The summed E-state index contributed by atoms with van der Waals surface area (Å²) in [6.45, 7) is 10.7. The zero-order chi connectivity index (χ0) is 22.1. The summed E-state index contributed by atoms with van der Waals surface area (Å²) in [7, 11) is 5.70. The number of likely N-dealkylation sites (N-methyl/N-ethyl adjacent to an activating group) is 1. The fraction of sp³-hybridized carbons (Fsp3) is 0.720. The van der Waals surface area contributed by atoms with Crippen molar-refractivity contribution < 1.29 is 14.3 Å². The van der Waals surface area contributed by atoms with Crippen molar-refractivity contribution in [2.24, 2.45) is 17.8 Å². The van der Waals surface area contributed by atoms with E-state index in [2.05, 4.69) is 51.8 Å². The first-order valence-electron chi connectivity index (χ1n) is 11.5. The zero-order valence-corrected chi connectivity index (χ0v) is 19.9. The van der Waals surface area contributed by atoms with E-state index < -0.39 is 0 Å². The van der Waals surface area contributed by atoms with Gasteiger partial charge in [-0.1, -0.05) is 27.7 Å². The summed E-state index contributed by atoms with van der Waals surface area (Å²) in [5.74, 6) is 2.63. The molecule has 2 aliphatic rings. The molecule has 0 radical (unpaired) electrons. The number of anilines is 1. The second kappa shape index (κ2) is 9.07. The minimum Gasteiger partial charge on any atom is -0.497 e. The van der Waals surface area contributed by atoms with Gasteiger partial charge in [-0.2, -0.15) is 0 Å². The second-order valence-corrected chi connectivity index (χ2v) is 10.2. The number of rotatable bonds is 6. The van der Waals surface area contributed by atoms with Crippen molar-refractivity contribution >= 4 is 11.8 Å². The van der Waals surface area contributed by atoms with Crippen molar-refractivity contribution in [2.45, 2.75) is 64.9 Å². The molecule has 30 heavy (non-hydrogen) atoms. The maximum atomic E-state index is 12.8. The highest BCUT2D eigenvalue weighted by atomic mass is 16.6. The van der Waals surface area contributed by atoms with Crippen molar-refractivity contribution in [3.8, 4) is 5.75 Å². The Labute approximate surface area is 182 Å². The van der Waals surface area contributed by atoms with E-state index >= 15 is 0 Å². The summed E-state index contributed by atoms with van der Waals surface area (Å²) >= 11 is 0. The highest BCUT2D eigenvalue weighted by molar-refractivity contribution is 5.68. The molecule has 0 spiro atoms. The third kappa shape index (κ3) is 4.70. The summed E-state index contributed by atoms with van der Waals surface area (Å²) < 4.78 is 11.4. The number of hydrogen-bond acceptors (Lipinski definition) is 4. The Morgan fingerprint density at radius 3 is 2.73 bits per heavy atom. The average molecular weight is 417 g/mol. The second-order valence-electron chi connectivity index (χ2n) is 10.2. The van der Waals surface area contributed by atoms with Gasteiger partial charge in [0.1, 0.15) is 11.9 Å². The van der Waals surface area contributed by atoms with E-state index in [4.69, 9.17) is 9.47 Å². The number of fused-ring (bicyclic) bond motifs is 1. The number of benzene rings is 1. The Balaban J connectivity index is 1.60. The predicted octanol–water partition coefficient (Wildman–Crippen LogP) is 5.32. The molecule has 1 aliphatic heterocycles. The van der Waals surface area contributed by atoms with Gasteiger partial charge in [0.15, 0.2) is 0 Å². The van der Waals surface area contributed by atoms with Crippen LogP contribution in [0, 0.1) is 17.8 Å². The third-order valence-electron chi connectivity index (χ3n) is 7.52. The molecule has 0 saturated heterocycles. The van der Waals surface area contributed by atoms with Gasteiger partial charge in [0.05, 0.1) is 7.11 Å². The quantitative estimate of drug-likeness (QED) is 0.629. The fourth-order valence-corrected chi connectivity index (χ4v) is 5.17. The Kier molecular flexibility index (Phi) is 6.88. The number of amides is 1. The Bertz CT molecular complexity index is 750. The maximum absolute atomic E-state index is 12.8. The normalized spacial score (nSPS) is 28.4. The molecule has 168 valence electrons. The molecule has 0 bridgehead atoms. The molecule has 3 rings (SSSR count). The van der Waals surface area contributed by atoms with Gasteiger partial charge >= 0.3 is 6.09 Å². The van der Waals surface area contributed by atoms with Gasteiger partial charge in [-0.3, -0.25) is 0 Å². The lowest BCUT2D eigenvalue weighted by molar-refractivity contribution is 0.00241. The third-order valence-corrected chi connectivity index (χ3v) is 7.52. The van der Waals surface area contributed by atoms with Crippen LogP contribution >= 0.6 is 0 Å². The molecule has 5 nitrogen and oxygen atoms in total. The smallest absolute Gasteiger partial charge is 0.409 e. The van der Waals surface area contributed by atoms with E-state index in [1.54, 1.807) is 12.0 Å². The van der Waals surface area contributed by atoms with Crippen molar-refractivity contribution in [1.29, 1.82) is 0 Å². The van der Waals surface area contributed by atoms with Crippen LogP contribution in [0.1, 0.15) is 58.9 Å². The summed E-state index contributed by atoms with van der Waals surface area (Å²) in [6.07, 6.45) is 4.13. The molecule has 1 aliphatic carbocycles. The van der Waals surface area contributed by atoms with Gasteiger partial charge in [-0.05, 0) is 67.2 Å². The van der Waals surface area contributed by atoms with Gasteiger partial charge in [0.2, 0.25) is 0 Å². The molecule has 1 amide bonds. The number of carbonyl (C=O) groups is 1. The van der Waals surface area contributed by atoms with Crippen LogP contribution in [0.3, 0.4) is 0 Å². The predicted molar refractivity (Wildman–Crippen MR) is 122 cm³/mol. The lowest BCUT2D eigenvalue weighted by Crippen LogP contribution is -2.40. The molecule has 1 aromatic rings. The van der Waals surface area contributed by atoms with Gasteiger partial charge < -0.3 is 19.3 Å². The van der Waals surface area contributed by atoms with E-state index in [0.717, 1.165) is 31.6 Å². The van der Waals surface area contributed by atoms with Crippen LogP contribution in [0.5, 0.6) is 5.75 Å². The molecule has 4 atom stereocenters. The van der Waals surface area contributed by atoms with Crippen LogP contribution in [-0.2, 0) is 10.2 Å². The molecule has 1 heterocycles. The largest absolute Gasteiger partial charge is 0.497 e. The van der Waals surface area contributed by atoms with Gasteiger partial charge in [-0.25, -0.2) is 4.79 Å². The lowest BCUT2D eigenvalue weighted by atomic mass is 9.76. The van der Waals surface area contributed by atoms with Gasteiger partial charge in [-0.15, -0.1) is 0 Å². The Hall–Kier alpha value is -1.91. The maximum Gasteiger partial charge on any atom is 0.409 e. The molecule has 1 saturated carbocycles. The lowest BCUT2D eigenvalue weighted by Gasteiger charge is -2.36. The van der Waals surface area contributed by atoms with Gasteiger partial charge in [0.25, 0.3) is 0 Å². The molecule has 1 fully saturated rings. The van der Waals surface area contributed by atoms with E-state index in [1.165, 1.54) is 17.7 Å². The van der Waals surface area contributed by atoms with Crippen LogP contribution in [0.15, 0.2) is 18.2 Å². The minimum absolute atomic E-state index is 0.0198. The molecule has 0 N–H and O–H groups in total. The average Bonchev–Trinajstić information content (AvgIpc) is 2.97. The van der Waals surface area contributed by atoms with E-state index in [1.807, 2.05) is 13.1 Å². The number of carbonyl (C=O) groups excluding carboxylic acids is 1. The van der Waals surface area contributed by atoms with Crippen molar-refractivity contribution in [3.63, 3.8) is 0 Å². The minimum atomic E-state index is -0.183. The monoisotopic (exact) mass is 416 g/mol. The summed E-state index contributed by atoms with van der Waals surface area (Å²) in [5, 5.41) is 0. The topological polar surface area (TPSA) is 42.0 Å². The first kappa shape index (κ1) is 22.8. The standard InChI is InChI=1S/C25H40N2O3/c1-17(2)19-9-8-18(3)23(14-19)30-24(28)26(5)13-12-25(4)16-27(6)22-11-10-20(29-7)15-21(22)25/h10-11,15,17-19,23H,8-9,12-14,16H2,1-7H3. The van der Waals surface area contributed by atoms with E-state index in [9.17, 15) is 4.79 Å². The van der Waals surface area contributed by atoms with Crippen molar-refractivity contribution in [2.75, 3.05) is 39.2 Å². The number of methoxy groups -OCH3 is 1. The van der Waals surface area contributed by atoms with E-state index in [-0.39, 0.29) is 17.6 Å². The number of nitrogens with zero attached hydrogens (tertiary/aromatic N) is 2. The number of ether oxygens (including phenoxy) is 2. The summed E-state index contributed by atoms with van der Waals surface area (Å²) in [6, 6.07) is 6.29. The van der Waals surface area contributed by atoms with Crippen LogP contribution in [0.4, 0.5) is 10.5 Å². The van der Waals surface area contributed by atoms with Crippen LogP contribution in [0.25, 0.3) is 0 Å². The highest BCUT2D eigenvalue weighted by Gasteiger charge is 2.38. The SMILES string of the molecule is COc1ccc2c(c1)C(C)(CCN(C)C(=O)OC1CC(C(C)C)CCC1C)CN2C. The van der Waals surface area contributed by atoms with E-state index in [0.29, 0.717) is 24.3 Å². The Morgan fingerprint density at radius 1 is 1.33 bits per heavy atom. The van der Waals surface area contributed by atoms with Crippen LogP contribution in [-0.4, -0.2) is 51.4 Å². The summed E-state index contributed by atoms with van der Waals surface area (Å²) in [4.78, 5) is 16.9. The molecule has 5 heteroatoms. The Morgan fingerprint density at radius 2 is 2.07 bits per heavy atom. The molecule has 0 aromatic heterocycles. The zero-order valence-electron chi connectivity index (χ0n) is 19.9.